The van der Waals surface area contributed by atoms with Gasteiger partial charge in [0.25, 0.3) is 0 Å². The van der Waals surface area contributed by atoms with Crippen LogP contribution in [0.4, 0.5) is 0 Å². The molecule has 2 bridgehead atoms. The van der Waals surface area contributed by atoms with E-state index in [2.05, 4.69) is 16.8 Å². The molecule has 0 radical (unpaired) electrons. The molecule has 2 fully saturated rings. The van der Waals surface area contributed by atoms with Crippen LogP contribution in [0.3, 0.4) is 0 Å². The molecule has 3 rings (SSSR count). The quantitative estimate of drug-likeness (QED) is 0.906. The van der Waals surface area contributed by atoms with Crippen LogP contribution in [0.25, 0.3) is 0 Å². The highest BCUT2D eigenvalue weighted by atomic mass is 16.5. The second-order valence-corrected chi connectivity index (χ2v) is 6.21. The van der Waals surface area contributed by atoms with Crippen LogP contribution >= 0.6 is 0 Å². The van der Waals surface area contributed by atoms with Crippen molar-refractivity contribution in [3.05, 3.63) is 23.8 Å². The molecule has 5 heteroatoms. The first-order valence-corrected chi connectivity index (χ1v) is 7.52. The average Bonchev–Trinajstić information content (AvgIpc) is 2.68. The molecule has 0 aliphatic carbocycles. The van der Waals surface area contributed by atoms with E-state index < -0.39 is 0 Å². The Morgan fingerprint density at radius 2 is 2.14 bits per heavy atom. The molecule has 0 saturated carbocycles. The van der Waals surface area contributed by atoms with E-state index in [1.54, 1.807) is 13.2 Å². The van der Waals surface area contributed by atoms with Crippen molar-refractivity contribution in [2.24, 2.45) is 5.92 Å². The highest BCUT2D eigenvalue weighted by Gasteiger charge is 2.31. The molecule has 2 aliphatic rings. The molecule has 5 nitrogen and oxygen atoms in total. The average molecular weight is 292 g/mol. The van der Waals surface area contributed by atoms with Crippen molar-refractivity contribution < 1.29 is 14.6 Å². The summed E-state index contributed by atoms with van der Waals surface area (Å²) in [6.07, 6.45) is 0. The van der Waals surface area contributed by atoms with E-state index in [0.29, 0.717) is 17.7 Å². The number of hydrogen-bond acceptors (Lipinski definition) is 5. The third kappa shape index (κ3) is 3.31. The lowest BCUT2D eigenvalue weighted by Gasteiger charge is -2.29. The summed E-state index contributed by atoms with van der Waals surface area (Å²) in [5.41, 5.74) is 1.11. The van der Waals surface area contributed by atoms with Crippen molar-refractivity contribution in [1.29, 1.82) is 0 Å². The van der Waals surface area contributed by atoms with E-state index in [1.165, 1.54) is 0 Å². The zero-order valence-electron chi connectivity index (χ0n) is 12.8. The number of hydrogen-bond donors (Lipinski definition) is 1. The fourth-order valence-corrected chi connectivity index (χ4v) is 3.43. The van der Waals surface area contributed by atoms with Gasteiger partial charge in [-0.1, -0.05) is 6.07 Å². The predicted molar refractivity (Wildman–Crippen MR) is 80.7 cm³/mol. The molecule has 0 amide bonds. The van der Waals surface area contributed by atoms with Crippen LogP contribution < -0.4 is 4.74 Å². The molecule has 2 saturated heterocycles. The summed E-state index contributed by atoms with van der Waals surface area (Å²) in [7, 11) is 3.76. The fourth-order valence-electron chi connectivity index (χ4n) is 3.43. The second-order valence-electron chi connectivity index (χ2n) is 6.21. The van der Waals surface area contributed by atoms with Gasteiger partial charge in [0.05, 0.1) is 20.3 Å². The van der Waals surface area contributed by atoms with Crippen LogP contribution in [0.1, 0.15) is 5.56 Å². The van der Waals surface area contributed by atoms with Gasteiger partial charge in [-0.2, -0.15) is 0 Å². The summed E-state index contributed by atoms with van der Waals surface area (Å²) in [6.45, 7) is 5.69. The Kier molecular flexibility index (Phi) is 4.33. The predicted octanol–water partition coefficient (Wildman–Crippen LogP) is 1.16. The SMILES string of the molecule is COc1ccc(CN2C[C@H]3COC[C@@H]2CN(C)C3)cc1O. The van der Waals surface area contributed by atoms with Crippen molar-refractivity contribution in [2.75, 3.05) is 47.0 Å². The lowest BCUT2D eigenvalue weighted by Crippen LogP contribution is -2.42. The van der Waals surface area contributed by atoms with Gasteiger partial charge in [0, 0.05) is 38.1 Å². The first-order valence-electron chi connectivity index (χ1n) is 7.52. The van der Waals surface area contributed by atoms with Crippen molar-refractivity contribution >= 4 is 0 Å². The number of methoxy groups -OCH3 is 1. The number of benzene rings is 1. The minimum absolute atomic E-state index is 0.209. The number of phenols is 1. The van der Waals surface area contributed by atoms with Crippen molar-refractivity contribution in [3.8, 4) is 11.5 Å². The summed E-state index contributed by atoms with van der Waals surface area (Å²) in [5, 5.41) is 9.93. The Morgan fingerprint density at radius 1 is 1.29 bits per heavy atom. The van der Waals surface area contributed by atoms with Gasteiger partial charge >= 0.3 is 0 Å². The third-order valence-corrected chi connectivity index (χ3v) is 4.39. The highest BCUT2D eigenvalue weighted by molar-refractivity contribution is 5.41. The molecule has 2 atom stereocenters. The van der Waals surface area contributed by atoms with E-state index >= 15 is 0 Å². The molecular weight excluding hydrogens is 268 g/mol. The van der Waals surface area contributed by atoms with Crippen LogP contribution in [-0.2, 0) is 11.3 Å². The van der Waals surface area contributed by atoms with Gasteiger partial charge in [-0.05, 0) is 24.7 Å². The molecule has 0 aromatic heterocycles. The lowest BCUT2D eigenvalue weighted by atomic mass is 10.1. The monoisotopic (exact) mass is 292 g/mol. The topological polar surface area (TPSA) is 45.2 Å². The molecule has 116 valence electrons. The molecule has 2 heterocycles. The van der Waals surface area contributed by atoms with Gasteiger partial charge in [-0.15, -0.1) is 0 Å². The normalized spacial score (nSPS) is 27.3. The van der Waals surface area contributed by atoms with Crippen molar-refractivity contribution in [2.45, 2.75) is 12.6 Å². The second kappa shape index (κ2) is 6.22. The van der Waals surface area contributed by atoms with E-state index in [1.807, 2.05) is 12.1 Å². The minimum Gasteiger partial charge on any atom is -0.504 e. The van der Waals surface area contributed by atoms with Gasteiger partial charge in [0.2, 0.25) is 0 Å². The Morgan fingerprint density at radius 3 is 2.90 bits per heavy atom. The molecule has 0 spiro atoms. The maximum absolute atomic E-state index is 9.93. The largest absolute Gasteiger partial charge is 0.504 e. The number of fused-ring (bicyclic) bond motifs is 3. The highest BCUT2D eigenvalue weighted by Crippen LogP contribution is 2.28. The summed E-state index contributed by atoms with van der Waals surface area (Å²) < 4.78 is 10.9. The van der Waals surface area contributed by atoms with Gasteiger partial charge < -0.3 is 19.5 Å². The van der Waals surface area contributed by atoms with Gasteiger partial charge in [0.1, 0.15) is 0 Å². The molecular formula is C16H24N2O3. The van der Waals surface area contributed by atoms with E-state index in [4.69, 9.17) is 9.47 Å². The fraction of sp³-hybridized carbons (Fsp3) is 0.625. The minimum atomic E-state index is 0.209. The van der Waals surface area contributed by atoms with Gasteiger partial charge in [-0.25, -0.2) is 0 Å². The number of phenolic OH excluding ortho intramolecular Hbond substituents is 1. The molecule has 0 unspecified atom stereocenters. The van der Waals surface area contributed by atoms with Gasteiger partial charge in [-0.3, -0.25) is 4.90 Å². The zero-order valence-corrected chi connectivity index (χ0v) is 12.8. The van der Waals surface area contributed by atoms with E-state index in [9.17, 15) is 5.11 Å². The third-order valence-electron chi connectivity index (χ3n) is 4.39. The van der Waals surface area contributed by atoms with Crippen LogP contribution in [0.5, 0.6) is 11.5 Å². The molecule has 1 aromatic rings. The van der Waals surface area contributed by atoms with E-state index in [0.717, 1.165) is 45.0 Å². The smallest absolute Gasteiger partial charge is 0.160 e. The Bertz CT molecular complexity index is 494. The number of likely N-dealkylation sites (N-methyl/N-ethyl adjacent to an activating group) is 1. The Balaban J connectivity index is 1.75. The zero-order chi connectivity index (χ0) is 14.8. The summed E-state index contributed by atoms with van der Waals surface area (Å²) in [6, 6.07) is 6.08. The molecule has 1 aromatic carbocycles. The molecule has 1 N–H and O–H groups in total. The molecule has 21 heavy (non-hydrogen) atoms. The molecule has 2 aliphatic heterocycles. The summed E-state index contributed by atoms with van der Waals surface area (Å²) in [5.74, 6) is 1.30. The van der Waals surface area contributed by atoms with Gasteiger partial charge in [0.15, 0.2) is 11.5 Å². The first-order chi connectivity index (χ1) is 10.2. The number of aromatic hydroxyl groups is 1. The number of ether oxygens (including phenoxy) is 2. The Hall–Kier alpha value is -1.30. The number of rotatable bonds is 3. The maximum atomic E-state index is 9.93. The first kappa shape index (κ1) is 14.6. The van der Waals surface area contributed by atoms with Crippen molar-refractivity contribution in [3.63, 3.8) is 0 Å². The van der Waals surface area contributed by atoms with Crippen LogP contribution in [-0.4, -0.2) is 68.0 Å². The summed E-state index contributed by atoms with van der Waals surface area (Å²) in [4.78, 5) is 4.89. The summed E-state index contributed by atoms with van der Waals surface area (Å²) >= 11 is 0. The van der Waals surface area contributed by atoms with Crippen molar-refractivity contribution in [1.82, 2.24) is 9.80 Å². The lowest BCUT2D eigenvalue weighted by molar-refractivity contribution is 0.0562. The Labute approximate surface area is 126 Å². The number of nitrogens with zero attached hydrogens (tertiary/aromatic N) is 2. The van der Waals surface area contributed by atoms with Crippen LogP contribution in [0.2, 0.25) is 0 Å². The standard InChI is InChI=1S/C16H24N2O3/c1-17-6-13-8-18(14(9-17)11-21-10-13)7-12-3-4-16(20-2)15(19)5-12/h3-5,13-14,19H,6-11H2,1-2H3/t13-,14-/m0/s1. The maximum Gasteiger partial charge on any atom is 0.160 e. The van der Waals surface area contributed by atoms with E-state index in [-0.39, 0.29) is 5.75 Å². The van der Waals surface area contributed by atoms with Crippen LogP contribution in [0, 0.1) is 5.92 Å². The van der Waals surface area contributed by atoms with Crippen LogP contribution in [0.15, 0.2) is 18.2 Å².